The van der Waals surface area contributed by atoms with Gasteiger partial charge in [0.1, 0.15) is 37.8 Å². The highest BCUT2D eigenvalue weighted by Gasteiger charge is 2.27. The molecule has 33 heavy (non-hydrogen) atoms. The second-order valence-corrected chi connectivity index (χ2v) is 8.64. The van der Waals surface area contributed by atoms with Crippen LogP contribution in [0.25, 0.3) is 0 Å². The predicted molar refractivity (Wildman–Crippen MR) is 120 cm³/mol. The molecule has 2 aliphatic heterocycles. The van der Waals surface area contributed by atoms with Crippen molar-refractivity contribution in [1.82, 2.24) is 14.9 Å². The van der Waals surface area contributed by atoms with E-state index < -0.39 is 5.60 Å². The number of ether oxygens (including phenoxy) is 5. The summed E-state index contributed by atoms with van der Waals surface area (Å²) in [4.78, 5) is 24.9. The molecule has 1 saturated heterocycles. The quantitative estimate of drug-likeness (QED) is 0.606. The highest BCUT2D eigenvalue weighted by Crippen LogP contribution is 2.33. The Morgan fingerprint density at radius 1 is 0.970 bits per heavy atom. The highest BCUT2D eigenvalue weighted by molar-refractivity contribution is 5.68. The van der Waals surface area contributed by atoms with Crippen LogP contribution in [0.2, 0.25) is 0 Å². The maximum atomic E-state index is 12.3. The van der Waals surface area contributed by atoms with Crippen molar-refractivity contribution in [3.05, 3.63) is 30.6 Å². The molecule has 178 valence electrons. The first-order valence-electron chi connectivity index (χ1n) is 11.1. The van der Waals surface area contributed by atoms with E-state index in [9.17, 15) is 4.79 Å². The fourth-order valence-electron chi connectivity index (χ4n) is 3.48. The van der Waals surface area contributed by atoms with Crippen LogP contribution in [0.3, 0.4) is 0 Å². The third-order valence-electron chi connectivity index (χ3n) is 4.98. The number of carbonyl (C=O) groups excluding carboxylic acids is 1. The van der Waals surface area contributed by atoms with E-state index >= 15 is 0 Å². The molecule has 10 heteroatoms. The first kappa shape index (κ1) is 22.8. The Morgan fingerprint density at radius 2 is 1.67 bits per heavy atom. The Labute approximate surface area is 193 Å². The minimum atomic E-state index is -0.512. The summed E-state index contributed by atoms with van der Waals surface area (Å²) in [5.74, 6) is 3.18. The Morgan fingerprint density at radius 3 is 2.42 bits per heavy atom. The number of benzene rings is 1. The van der Waals surface area contributed by atoms with Crippen LogP contribution in [0.4, 0.5) is 10.6 Å². The number of hydrogen-bond donors (Lipinski definition) is 0. The smallest absolute Gasteiger partial charge is 0.410 e. The van der Waals surface area contributed by atoms with Gasteiger partial charge in [0.05, 0.1) is 0 Å². The second kappa shape index (κ2) is 10.0. The number of nitrogens with zero attached hydrogens (tertiary/aromatic N) is 4. The maximum Gasteiger partial charge on any atom is 0.410 e. The lowest BCUT2D eigenvalue weighted by Crippen LogP contribution is -2.50. The molecule has 1 fully saturated rings. The number of fused-ring (bicyclic) bond motifs is 1. The molecule has 4 rings (SSSR count). The molecule has 10 nitrogen and oxygen atoms in total. The van der Waals surface area contributed by atoms with Crippen molar-refractivity contribution in [1.29, 1.82) is 0 Å². The lowest BCUT2D eigenvalue weighted by Gasteiger charge is -2.36. The van der Waals surface area contributed by atoms with Crippen molar-refractivity contribution in [3.8, 4) is 23.1 Å². The monoisotopic (exact) mass is 458 g/mol. The Balaban J connectivity index is 1.27. The van der Waals surface area contributed by atoms with Crippen LogP contribution in [-0.2, 0) is 4.74 Å². The molecule has 2 aliphatic rings. The number of piperazine rings is 1. The van der Waals surface area contributed by atoms with Crippen molar-refractivity contribution >= 4 is 11.9 Å². The standard InChI is InChI=1S/C23H30N4O6/c1-23(2,3)33-22(28)27-10-8-26(9-11-27)20-21(25-7-6-24-20)32-15-12-29-17-4-5-18-19(16-17)31-14-13-30-18/h4-7,16H,8-15H2,1-3H3. The summed E-state index contributed by atoms with van der Waals surface area (Å²) in [6.45, 7) is 9.62. The third-order valence-corrected chi connectivity index (χ3v) is 4.98. The van der Waals surface area contributed by atoms with Gasteiger partial charge < -0.3 is 33.5 Å². The minimum absolute atomic E-state index is 0.297. The van der Waals surface area contributed by atoms with Crippen LogP contribution in [0.1, 0.15) is 20.8 Å². The van der Waals surface area contributed by atoms with E-state index in [1.165, 1.54) is 0 Å². The summed E-state index contributed by atoms with van der Waals surface area (Å²) in [5, 5.41) is 0. The summed E-state index contributed by atoms with van der Waals surface area (Å²) < 4.78 is 28.2. The molecule has 0 radical (unpaired) electrons. The Kier molecular flexibility index (Phi) is 6.90. The van der Waals surface area contributed by atoms with Gasteiger partial charge in [-0.1, -0.05) is 0 Å². The number of amides is 1. The van der Waals surface area contributed by atoms with E-state index in [1.54, 1.807) is 17.3 Å². The average molecular weight is 459 g/mol. The number of anilines is 1. The van der Waals surface area contributed by atoms with Crippen molar-refractivity contribution in [2.24, 2.45) is 0 Å². The maximum absolute atomic E-state index is 12.3. The molecule has 1 aromatic carbocycles. The lowest BCUT2D eigenvalue weighted by atomic mass is 10.2. The van der Waals surface area contributed by atoms with Crippen LogP contribution in [0.5, 0.6) is 23.1 Å². The molecule has 0 unspecified atom stereocenters. The van der Waals surface area contributed by atoms with Gasteiger partial charge >= 0.3 is 6.09 Å². The molecular formula is C23H30N4O6. The summed E-state index contributed by atoms with van der Waals surface area (Å²) in [6, 6.07) is 5.49. The molecule has 1 amide bonds. The number of carbonyl (C=O) groups is 1. The van der Waals surface area contributed by atoms with Crippen molar-refractivity contribution in [2.75, 3.05) is 57.5 Å². The number of aromatic nitrogens is 2. The average Bonchev–Trinajstić information content (AvgIpc) is 2.81. The zero-order valence-electron chi connectivity index (χ0n) is 19.3. The molecule has 0 atom stereocenters. The van der Waals surface area contributed by atoms with E-state index in [0.717, 1.165) is 5.75 Å². The highest BCUT2D eigenvalue weighted by atomic mass is 16.6. The van der Waals surface area contributed by atoms with Gasteiger partial charge in [-0.3, -0.25) is 0 Å². The summed E-state index contributed by atoms with van der Waals surface area (Å²) in [7, 11) is 0. The lowest BCUT2D eigenvalue weighted by molar-refractivity contribution is 0.0240. The van der Waals surface area contributed by atoms with Gasteiger partial charge in [-0.2, -0.15) is 0 Å². The molecular weight excluding hydrogens is 428 g/mol. The van der Waals surface area contributed by atoms with Crippen molar-refractivity contribution < 1.29 is 28.5 Å². The van der Waals surface area contributed by atoms with Crippen LogP contribution < -0.4 is 23.8 Å². The summed E-state index contributed by atoms with van der Waals surface area (Å²) in [6.07, 6.45) is 2.93. The second-order valence-electron chi connectivity index (χ2n) is 8.64. The summed E-state index contributed by atoms with van der Waals surface area (Å²) >= 11 is 0. The van der Waals surface area contributed by atoms with Gasteiger partial charge in [0.15, 0.2) is 17.3 Å². The zero-order chi connectivity index (χ0) is 23.3. The molecule has 0 saturated carbocycles. The normalized spacial score (nSPS) is 15.7. The Bertz CT molecular complexity index is 956. The number of hydrogen-bond acceptors (Lipinski definition) is 9. The van der Waals surface area contributed by atoms with E-state index in [0.29, 0.717) is 75.8 Å². The van der Waals surface area contributed by atoms with Gasteiger partial charge in [-0.05, 0) is 32.9 Å². The topological polar surface area (TPSA) is 95.5 Å². The van der Waals surface area contributed by atoms with Gasteiger partial charge in [-0.15, -0.1) is 0 Å². The SMILES string of the molecule is CC(C)(C)OC(=O)N1CCN(c2nccnc2OCCOc2ccc3c(c2)OCCO3)CC1. The van der Waals surface area contributed by atoms with Gasteiger partial charge in [-0.25, -0.2) is 14.8 Å². The summed E-state index contributed by atoms with van der Waals surface area (Å²) in [5.41, 5.74) is -0.512. The molecule has 3 heterocycles. The van der Waals surface area contributed by atoms with E-state index in [1.807, 2.05) is 39.0 Å². The number of rotatable bonds is 6. The minimum Gasteiger partial charge on any atom is -0.490 e. The van der Waals surface area contributed by atoms with Gasteiger partial charge in [0, 0.05) is 44.6 Å². The molecule has 0 bridgehead atoms. The molecule has 1 aromatic heterocycles. The van der Waals surface area contributed by atoms with E-state index in [-0.39, 0.29) is 6.09 Å². The molecule has 0 spiro atoms. The predicted octanol–water partition coefficient (Wildman–Crippen LogP) is 2.76. The van der Waals surface area contributed by atoms with Crippen LogP contribution in [0.15, 0.2) is 30.6 Å². The van der Waals surface area contributed by atoms with E-state index in [2.05, 4.69) is 14.9 Å². The largest absolute Gasteiger partial charge is 0.490 e. The van der Waals surface area contributed by atoms with Crippen LogP contribution in [0, 0.1) is 0 Å². The molecule has 0 aliphatic carbocycles. The zero-order valence-corrected chi connectivity index (χ0v) is 19.3. The fraction of sp³-hybridized carbons (Fsp3) is 0.522. The van der Waals surface area contributed by atoms with Gasteiger partial charge in [0.25, 0.3) is 5.88 Å². The molecule has 2 aromatic rings. The fourth-order valence-corrected chi connectivity index (χ4v) is 3.48. The third kappa shape index (κ3) is 6.09. The molecule has 0 N–H and O–H groups in total. The van der Waals surface area contributed by atoms with Crippen molar-refractivity contribution in [3.63, 3.8) is 0 Å². The van der Waals surface area contributed by atoms with E-state index in [4.69, 9.17) is 23.7 Å². The van der Waals surface area contributed by atoms with Crippen molar-refractivity contribution in [2.45, 2.75) is 26.4 Å². The first-order valence-corrected chi connectivity index (χ1v) is 11.1. The van der Waals surface area contributed by atoms with Gasteiger partial charge in [0.2, 0.25) is 0 Å². The van der Waals surface area contributed by atoms with Crippen LogP contribution in [-0.4, -0.2) is 79.2 Å². The Hall–Kier alpha value is -3.43. The first-order chi connectivity index (χ1) is 15.9. The van der Waals surface area contributed by atoms with Crippen LogP contribution >= 0.6 is 0 Å².